The molecule has 0 unspecified atom stereocenters. The summed E-state index contributed by atoms with van der Waals surface area (Å²) in [4.78, 5) is 18.5. The summed E-state index contributed by atoms with van der Waals surface area (Å²) in [5, 5.41) is 4.11. The number of rotatable bonds is 4. The summed E-state index contributed by atoms with van der Waals surface area (Å²) < 4.78 is 3.99. The van der Waals surface area contributed by atoms with Crippen molar-refractivity contribution in [2.75, 3.05) is 26.2 Å². The Bertz CT molecular complexity index is 571. The summed E-state index contributed by atoms with van der Waals surface area (Å²) in [6, 6.07) is 0.559. The molecule has 5 rings (SSSR count). The van der Waals surface area contributed by atoms with Crippen LogP contribution in [0.15, 0.2) is 0 Å². The van der Waals surface area contributed by atoms with Crippen LogP contribution in [0.4, 0.5) is 0 Å². The molecule has 126 valence electrons. The summed E-state index contributed by atoms with van der Waals surface area (Å²) >= 11 is 1.26. The predicted molar refractivity (Wildman–Crippen MR) is 90.6 cm³/mol. The Kier molecular flexibility index (Phi) is 4.37. The van der Waals surface area contributed by atoms with Gasteiger partial charge in [-0.2, -0.15) is 0 Å². The van der Waals surface area contributed by atoms with Gasteiger partial charge in [0.2, 0.25) is 0 Å². The minimum Gasteiger partial charge on any atom is -0.336 e. The first-order valence-corrected chi connectivity index (χ1v) is 9.86. The minimum atomic E-state index is 0.166. The van der Waals surface area contributed by atoms with Crippen LogP contribution in [0.1, 0.15) is 54.4 Å². The molecular weight excluding hydrogens is 308 g/mol. The smallest absolute Gasteiger partial charge is 0.267 e. The van der Waals surface area contributed by atoms with Crippen molar-refractivity contribution < 1.29 is 4.79 Å². The van der Waals surface area contributed by atoms with Gasteiger partial charge in [-0.1, -0.05) is 17.8 Å². The van der Waals surface area contributed by atoms with Crippen molar-refractivity contribution in [2.45, 2.75) is 51.5 Å². The van der Waals surface area contributed by atoms with E-state index in [0.717, 1.165) is 36.0 Å². The Labute approximate surface area is 142 Å². The third-order valence-corrected chi connectivity index (χ3v) is 6.67. The Morgan fingerprint density at radius 2 is 2.09 bits per heavy atom. The second-order valence-corrected chi connectivity index (χ2v) is 8.21. The van der Waals surface area contributed by atoms with Crippen LogP contribution in [0.2, 0.25) is 0 Å². The molecular formula is C17H26N4OS. The standard InChI is InChI=1S/C17H26N4OS/c1-2-15-16(23-19-18-15)17(22)21-10-13-6-7-14(11-21)20(9-13)8-12-4-3-5-12/h12-14H,2-11H2,1H3/t13-,14-/m1/s1. The van der Waals surface area contributed by atoms with Crippen molar-refractivity contribution >= 4 is 17.4 Å². The molecule has 1 amide bonds. The van der Waals surface area contributed by atoms with Crippen LogP contribution in [0.5, 0.6) is 0 Å². The van der Waals surface area contributed by atoms with Gasteiger partial charge in [-0.15, -0.1) is 5.10 Å². The fourth-order valence-electron chi connectivity index (χ4n) is 4.32. The second kappa shape index (κ2) is 6.48. The molecule has 4 aliphatic rings. The molecule has 0 radical (unpaired) electrons. The Balaban J connectivity index is 1.47. The van der Waals surface area contributed by atoms with Crippen LogP contribution in [0.25, 0.3) is 0 Å². The zero-order chi connectivity index (χ0) is 15.8. The molecule has 4 heterocycles. The van der Waals surface area contributed by atoms with E-state index in [1.165, 1.54) is 56.7 Å². The first-order chi connectivity index (χ1) is 11.2. The molecule has 5 nitrogen and oxygen atoms in total. The lowest BCUT2D eigenvalue weighted by Crippen LogP contribution is -2.47. The Morgan fingerprint density at radius 1 is 1.22 bits per heavy atom. The van der Waals surface area contributed by atoms with Gasteiger partial charge in [0.1, 0.15) is 4.88 Å². The zero-order valence-corrected chi connectivity index (χ0v) is 14.7. The van der Waals surface area contributed by atoms with E-state index in [4.69, 9.17) is 0 Å². The second-order valence-electron chi connectivity index (χ2n) is 7.46. The number of aromatic nitrogens is 2. The number of aryl methyl sites for hydroxylation is 1. The van der Waals surface area contributed by atoms with E-state index in [0.29, 0.717) is 12.0 Å². The maximum atomic E-state index is 12.9. The molecule has 3 saturated heterocycles. The minimum absolute atomic E-state index is 0.166. The number of carbonyl (C=O) groups excluding carboxylic acids is 1. The average Bonchev–Trinajstić information content (AvgIpc) is 2.82. The number of fused-ring (bicyclic) bond motifs is 4. The maximum Gasteiger partial charge on any atom is 0.267 e. The van der Waals surface area contributed by atoms with Gasteiger partial charge in [0.25, 0.3) is 5.91 Å². The van der Waals surface area contributed by atoms with Crippen LogP contribution in [0.3, 0.4) is 0 Å². The topological polar surface area (TPSA) is 49.3 Å². The van der Waals surface area contributed by atoms with E-state index in [2.05, 4.69) is 19.4 Å². The van der Waals surface area contributed by atoms with E-state index in [-0.39, 0.29) is 5.91 Å². The van der Waals surface area contributed by atoms with Gasteiger partial charge in [0, 0.05) is 32.2 Å². The Hall–Kier alpha value is -1.01. The number of nitrogens with zero attached hydrogens (tertiary/aromatic N) is 4. The third kappa shape index (κ3) is 3.03. The van der Waals surface area contributed by atoms with Gasteiger partial charge < -0.3 is 4.90 Å². The van der Waals surface area contributed by atoms with Gasteiger partial charge in [-0.3, -0.25) is 9.69 Å². The van der Waals surface area contributed by atoms with Crippen LogP contribution in [-0.4, -0.2) is 57.5 Å². The highest BCUT2D eigenvalue weighted by atomic mass is 32.1. The third-order valence-electron chi connectivity index (χ3n) is 5.92. The first-order valence-electron chi connectivity index (χ1n) is 9.09. The highest BCUT2D eigenvalue weighted by Gasteiger charge is 2.38. The highest BCUT2D eigenvalue weighted by Crippen LogP contribution is 2.33. The number of amides is 1. The van der Waals surface area contributed by atoms with Crippen molar-refractivity contribution in [3.8, 4) is 0 Å². The van der Waals surface area contributed by atoms with E-state index < -0.39 is 0 Å². The normalized spacial score (nSPS) is 28.7. The highest BCUT2D eigenvalue weighted by molar-refractivity contribution is 7.08. The molecule has 2 atom stereocenters. The lowest BCUT2D eigenvalue weighted by atomic mass is 9.83. The molecule has 1 saturated carbocycles. The quantitative estimate of drug-likeness (QED) is 0.848. The first kappa shape index (κ1) is 15.5. The summed E-state index contributed by atoms with van der Waals surface area (Å²) in [5.74, 6) is 1.72. The number of piperidine rings is 1. The summed E-state index contributed by atoms with van der Waals surface area (Å²) in [6.45, 7) is 6.29. The van der Waals surface area contributed by atoms with Crippen molar-refractivity contribution in [3.63, 3.8) is 0 Å². The van der Waals surface area contributed by atoms with Gasteiger partial charge in [0.15, 0.2) is 0 Å². The molecule has 6 heteroatoms. The van der Waals surface area contributed by atoms with Crippen LogP contribution in [0, 0.1) is 11.8 Å². The lowest BCUT2D eigenvalue weighted by molar-refractivity contribution is 0.0720. The van der Waals surface area contributed by atoms with E-state index >= 15 is 0 Å². The fraction of sp³-hybridized carbons (Fsp3) is 0.824. The molecule has 1 aliphatic carbocycles. The van der Waals surface area contributed by atoms with Gasteiger partial charge >= 0.3 is 0 Å². The number of hydrogen-bond donors (Lipinski definition) is 0. The Morgan fingerprint density at radius 3 is 2.83 bits per heavy atom. The summed E-state index contributed by atoms with van der Waals surface area (Å²) in [5.41, 5.74) is 0.864. The number of hydrogen-bond acceptors (Lipinski definition) is 5. The van der Waals surface area contributed by atoms with Crippen molar-refractivity contribution in [1.82, 2.24) is 19.4 Å². The van der Waals surface area contributed by atoms with Crippen molar-refractivity contribution in [2.24, 2.45) is 11.8 Å². The van der Waals surface area contributed by atoms with Gasteiger partial charge in [-0.05, 0) is 55.5 Å². The molecule has 1 aromatic heterocycles. The molecule has 4 fully saturated rings. The molecule has 0 N–H and O–H groups in total. The SMILES string of the molecule is CCc1nnsc1C(=O)N1C[C@@H]2CC[C@H](C1)N(CC1CCC1)C2. The average molecular weight is 334 g/mol. The molecule has 3 aliphatic heterocycles. The zero-order valence-electron chi connectivity index (χ0n) is 13.9. The van der Waals surface area contributed by atoms with E-state index in [1.807, 2.05) is 6.92 Å². The van der Waals surface area contributed by atoms with E-state index in [1.54, 1.807) is 0 Å². The van der Waals surface area contributed by atoms with Crippen LogP contribution < -0.4 is 0 Å². The van der Waals surface area contributed by atoms with Crippen molar-refractivity contribution in [1.29, 1.82) is 0 Å². The van der Waals surface area contributed by atoms with Gasteiger partial charge in [0.05, 0.1) is 5.69 Å². The molecule has 23 heavy (non-hydrogen) atoms. The molecule has 0 aromatic carbocycles. The lowest BCUT2D eigenvalue weighted by Gasteiger charge is -2.40. The van der Waals surface area contributed by atoms with Gasteiger partial charge in [-0.25, -0.2) is 0 Å². The summed E-state index contributed by atoms with van der Waals surface area (Å²) in [7, 11) is 0. The van der Waals surface area contributed by atoms with Crippen LogP contribution in [-0.2, 0) is 6.42 Å². The van der Waals surface area contributed by atoms with E-state index in [9.17, 15) is 4.79 Å². The van der Waals surface area contributed by atoms with Crippen LogP contribution >= 0.6 is 11.5 Å². The summed E-state index contributed by atoms with van der Waals surface area (Å²) in [6.07, 6.45) is 7.53. The molecule has 0 spiro atoms. The fourth-order valence-corrected chi connectivity index (χ4v) is 5.04. The van der Waals surface area contributed by atoms with Crippen molar-refractivity contribution in [3.05, 3.63) is 10.6 Å². The molecule has 1 aromatic rings. The predicted octanol–water partition coefficient (Wildman–Crippen LogP) is 2.44. The largest absolute Gasteiger partial charge is 0.336 e. The molecule has 2 bridgehead atoms. The number of carbonyl (C=O) groups is 1. The maximum absolute atomic E-state index is 12.9. The monoisotopic (exact) mass is 334 g/mol.